The van der Waals surface area contributed by atoms with Crippen LogP contribution in [0.15, 0.2) is 22.8 Å². The van der Waals surface area contributed by atoms with E-state index in [9.17, 15) is 4.79 Å². The van der Waals surface area contributed by atoms with Crippen LogP contribution in [-0.2, 0) is 11.3 Å². The molecular weight excluding hydrogens is 308 g/mol. The van der Waals surface area contributed by atoms with E-state index in [0.29, 0.717) is 19.6 Å². The Morgan fingerprint density at radius 3 is 3.16 bits per heavy atom. The highest BCUT2D eigenvalue weighted by atomic mass is 79.9. The van der Waals surface area contributed by atoms with Crippen LogP contribution in [0.5, 0.6) is 0 Å². The van der Waals surface area contributed by atoms with Gasteiger partial charge in [0, 0.05) is 43.4 Å². The van der Waals surface area contributed by atoms with Crippen molar-refractivity contribution in [1.29, 1.82) is 0 Å². The second-order valence-corrected chi connectivity index (χ2v) is 5.47. The molecule has 0 bridgehead atoms. The minimum Gasteiger partial charge on any atom is -0.355 e. The molecule has 1 fully saturated rings. The van der Waals surface area contributed by atoms with Gasteiger partial charge in [0.1, 0.15) is 6.04 Å². The second kappa shape index (κ2) is 6.98. The van der Waals surface area contributed by atoms with Gasteiger partial charge in [-0.2, -0.15) is 0 Å². The average Bonchev–Trinajstić information content (AvgIpc) is 2.42. The van der Waals surface area contributed by atoms with Crippen LogP contribution in [0.25, 0.3) is 0 Å². The predicted octanol–water partition coefficient (Wildman–Crippen LogP) is 0.754. The number of hydrogen-bond acceptors (Lipinski definition) is 4. The number of likely N-dealkylation sites (N-methyl/N-ethyl adjacent to an activating group) is 1. The smallest absolute Gasteiger partial charge is 0.238 e. The molecule has 1 atom stereocenters. The molecule has 0 spiro atoms. The van der Waals surface area contributed by atoms with Crippen molar-refractivity contribution in [1.82, 2.24) is 20.5 Å². The normalized spacial score (nSPS) is 20.2. The number of aromatic nitrogens is 1. The van der Waals surface area contributed by atoms with E-state index in [2.05, 4.69) is 36.4 Å². The molecule has 2 N–H and O–H groups in total. The molecule has 1 aliphatic rings. The third kappa shape index (κ3) is 3.99. The lowest BCUT2D eigenvalue weighted by atomic mass is 10.1. The van der Waals surface area contributed by atoms with Gasteiger partial charge in [-0.05, 0) is 35.0 Å². The van der Waals surface area contributed by atoms with Crippen molar-refractivity contribution >= 4 is 21.8 Å². The molecule has 104 valence electrons. The molecule has 19 heavy (non-hydrogen) atoms. The Bertz CT molecular complexity index is 423. The fourth-order valence-electron chi connectivity index (χ4n) is 2.19. The Balaban J connectivity index is 2.03. The molecule has 1 amide bonds. The molecule has 5 nitrogen and oxygen atoms in total. The Hall–Kier alpha value is -0.980. The van der Waals surface area contributed by atoms with Gasteiger partial charge in [-0.1, -0.05) is 0 Å². The number of nitrogens with zero attached hydrogens (tertiary/aromatic N) is 2. The molecule has 1 aliphatic heterocycles. The number of nitrogens with one attached hydrogen (secondary N) is 2. The summed E-state index contributed by atoms with van der Waals surface area (Å²) < 4.78 is 0.969. The Labute approximate surface area is 121 Å². The summed E-state index contributed by atoms with van der Waals surface area (Å²) in [5.74, 6) is 0.0896. The van der Waals surface area contributed by atoms with Gasteiger partial charge in [-0.25, -0.2) is 0 Å². The van der Waals surface area contributed by atoms with Gasteiger partial charge < -0.3 is 10.6 Å². The lowest BCUT2D eigenvalue weighted by molar-refractivity contribution is -0.127. The first kappa shape index (κ1) is 14.4. The zero-order chi connectivity index (χ0) is 13.7. The molecule has 1 saturated heterocycles. The van der Waals surface area contributed by atoms with E-state index >= 15 is 0 Å². The summed E-state index contributed by atoms with van der Waals surface area (Å²) >= 11 is 3.38. The van der Waals surface area contributed by atoms with Crippen molar-refractivity contribution in [3.63, 3.8) is 0 Å². The van der Waals surface area contributed by atoms with Crippen LogP contribution in [0.1, 0.15) is 12.6 Å². The summed E-state index contributed by atoms with van der Waals surface area (Å²) in [6.07, 6.45) is 1.79. The zero-order valence-electron chi connectivity index (χ0n) is 11.0. The Morgan fingerprint density at radius 1 is 1.63 bits per heavy atom. The minimum atomic E-state index is -0.112. The van der Waals surface area contributed by atoms with E-state index in [1.54, 1.807) is 6.20 Å². The van der Waals surface area contributed by atoms with E-state index in [-0.39, 0.29) is 11.9 Å². The summed E-state index contributed by atoms with van der Waals surface area (Å²) in [7, 11) is 0. The van der Waals surface area contributed by atoms with Crippen LogP contribution < -0.4 is 10.6 Å². The molecule has 0 radical (unpaired) electrons. The monoisotopic (exact) mass is 326 g/mol. The molecule has 1 unspecified atom stereocenters. The van der Waals surface area contributed by atoms with E-state index in [4.69, 9.17) is 0 Å². The SMILES string of the molecule is CCNC(=O)C1CNCCN1Cc1ccc(Br)cn1. The highest BCUT2D eigenvalue weighted by Gasteiger charge is 2.28. The molecule has 2 heterocycles. The van der Waals surface area contributed by atoms with Gasteiger partial charge in [0.15, 0.2) is 0 Å². The van der Waals surface area contributed by atoms with Gasteiger partial charge in [-0.3, -0.25) is 14.7 Å². The van der Waals surface area contributed by atoms with Gasteiger partial charge in [-0.15, -0.1) is 0 Å². The molecule has 1 aromatic rings. The van der Waals surface area contributed by atoms with E-state index in [1.165, 1.54) is 0 Å². The van der Waals surface area contributed by atoms with Crippen molar-refractivity contribution < 1.29 is 4.79 Å². The summed E-state index contributed by atoms with van der Waals surface area (Å²) in [6, 6.07) is 3.85. The summed E-state index contributed by atoms with van der Waals surface area (Å²) in [5, 5.41) is 6.16. The first-order valence-corrected chi connectivity index (χ1v) is 7.33. The van der Waals surface area contributed by atoms with Crippen LogP contribution in [0.3, 0.4) is 0 Å². The first-order valence-electron chi connectivity index (χ1n) is 6.53. The number of amides is 1. The largest absolute Gasteiger partial charge is 0.355 e. The van der Waals surface area contributed by atoms with Crippen molar-refractivity contribution in [3.05, 3.63) is 28.5 Å². The quantitative estimate of drug-likeness (QED) is 0.857. The van der Waals surface area contributed by atoms with Gasteiger partial charge in [0.05, 0.1) is 5.69 Å². The number of carbonyl (C=O) groups is 1. The maximum atomic E-state index is 12.0. The van der Waals surface area contributed by atoms with Crippen molar-refractivity contribution in [2.45, 2.75) is 19.5 Å². The summed E-state index contributed by atoms with van der Waals surface area (Å²) in [5.41, 5.74) is 0.986. The topological polar surface area (TPSA) is 57.3 Å². The summed E-state index contributed by atoms with van der Waals surface area (Å²) in [4.78, 5) is 18.6. The van der Waals surface area contributed by atoms with Gasteiger partial charge >= 0.3 is 0 Å². The molecule has 0 aliphatic carbocycles. The molecule has 0 aromatic carbocycles. The van der Waals surface area contributed by atoms with E-state index < -0.39 is 0 Å². The van der Waals surface area contributed by atoms with Crippen LogP contribution in [0.4, 0.5) is 0 Å². The lowest BCUT2D eigenvalue weighted by Crippen LogP contribution is -2.57. The number of halogens is 1. The molecule has 1 aromatic heterocycles. The van der Waals surface area contributed by atoms with Gasteiger partial charge in [0.25, 0.3) is 0 Å². The number of hydrogen-bond donors (Lipinski definition) is 2. The number of piperazine rings is 1. The van der Waals surface area contributed by atoms with Crippen LogP contribution in [0, 0.1) is 0 Å². The zero-order valence-corrected chi connectivity index (χ0v) is 12.6. The Kier molecular flexibility index (Phi) is 5.30. The highest BCUT2D eigenvalue weighted by Crippen LogP contribution is 2.12. The van der Waals surface area contributed by atoms with Crippen molar-refractivity contribution in [2.24, 2.45) is 0 Å². The number of rotatable bonds is 4. The first-order chi connectivity index (χ1) is 9.20. The Morgan fingerprint density at radius 2 is 2.47 bits per heavy atom. The second-order valence-electron chi connectivity index (χ2n) is 4.55. The predicted molar refractivity (Wildman–Crippen MR) is 77.7 cm³/mol. The van der Waals surface area contributed by atoms with Crippen LogP contribution in [0.2, 0.25) is 0 Å². The van der Waals surface area contributed by atoms with E-state index in [0.717, 1.165) is 23.3 Å². The fourth-order valence-corrected chi connectivity index (χ4v) is 2.43. The summed E-state index contributed by atoms with van der Waals surface area (Å²) in [6.45, 7) is 5.78. The fraction of sp³-hybridized carbons (Fsp3) is 0.538. The molecule has 2 rings (SSSR count). The highest BCUT2D eigenvalue weighted by molar-refractivity contribution is 9.10. The molecule has 6 heteroatoms. The maximum Gasteiger partial charge on any atom is 0.238 e. The van der Waals surface area contributed by atoms with Crippen molar-refractivity contribution in [2.75, 3.05) is 26.2 Å². The van der Waals surface area contributed by atoms with Crippen LogP contribution >= 0.6 is 15.9 Å². The van der Waals surface area contributed by atoms with E-state index in [1.807, 2.05) is 19.1 Å². The number of carbonyl (C=O) groups excluding carboxylic acids is 1. The molecule has 0 saturated carbocycles. The number of pyridine rings is 1. The lowest BCUT2D eigenvalue weighted by Gasteiger charge is -2.34. The average molecular weight is 327 g/mol. The minimum absolute atomic E-state index is 0.0896. The van der Waals surface area contributed by atoms with Crippen LogP contribution in [-0.4, -0.2) is 48.0 Å². The third-order valence-corrected chi connectivity index (χ3v) is 3.63. The van der Waals surface area contributed by atoms with Crippen molar-refractivity contribution in [3.8, 4) is 0 Å². The van der Waals surface area contributed by atoms with Gasteiger partial charge in [0.2, 0.25) is 5.91 Å². The third-order valence-electron chi connectivity index (χ3n) is 3.16. The maximum absolute atomic E-state index is 12.0. The standard InChI is InChI=1S/C13H19BrN4O/c1-2-16-13(19)12-8-15-5-6-18(12)9-11-4-3-10(14)7-17-11/h3-4,7,12,15H,2,5-6,8-9H2,1H3,(H,16,19). The molecular formula is C13H19BrN4O.